The molecule has 9 heteroatoms. The van der Waals surface area contributed by atoms with Crippen molar-refractivity contribution in [2.75, 3.05) is 11.9 Å². The Hall–Kier alpha value is -0.388. The number of aliphatic hydroxyl groups is 1. The van der Waals surface area contributed by atoms with E-state index in [1.54, 1.807) is 0 Å². The number of aliphatic hydroxyl groups excluding tert-OH is 1. The van der Waals surface area contributed by atoms with E-state index in [-0.39, 0.29) is 4.35 Å². The first-order valence-electron chi connectivity index (χ1n) is 4.35. The van der Waals surface area contributed by atoms with E-state index in [1.165, 1.54) is 24.3 Å². The molecule has 0 radical (unpaired) electrons. The zero-order valence-corrected chi connectivity index (χ0v) is 13.8. The second-order valence-corrected chi connectivity index (χ2v) is 10.4. The van der Waals surface area contributed by atoms with Crippen LogP contribution in [0.5, 0.6) is 0 Å². The molecule has 7 nitrogen and oxygen atoms in total. The van der Waals surface area contributed by atoms with Gasteiger partial charge in [-0.25, -0.2) is 0 Å². The fourth-order valence-electron chi connectivity index (χ4n) is 1.03. The molecular formula is C8H9AsBiNO6. The van der Waals surface area contributed by atoms with E-state index < -0.39 is 50.4 Å². The molecular weight excluding hydrogens is 490 g/mol. The molecule has 0 saturated heterocycles. The Labute approximate surface area is 112 Å². The molecule has 3 N–H and O–H groups in total. The summed E-state index contributed by atoms with van der Waals surface area (Å²) in [6, 6.07) is 5.41. The topological polar surface area (TPSA) is 113 Å². The number of anilines is 1. The molecule has 0 aliphatic rings. The summed E-state index contributed by atoms with van der Waals surface area (Å²) in [5.74, 6) is -0.583. The number of rotatable bonds is 5. The van der Waals surface area contributed by atoms with E-state index in [9.17, 15) is 15.4 Å². The van der Waals surface area contributed by atoms with Crippen LogP contribution in [0.15, 0.2) is 24.3 Å². The number of carbonyl (C=O) groups is 1. The number of carbonyl (C=O) groups excluding carboxylic acids is 1. The molecule has 0 saturated carbocycles. The van der Waals surface area contributed by atoms with Crippen LogP contribution in [-0.2, 0) is 13.1 Å². The Morgan fingerprint density at radius 2 is 2.00 bits per heavy atom. The average Bonchev–Trinajstić information content (AvgIpc) is 2.29. The third-order valence-electron chi connectivity index (χ3n) is 1.76. The number of amides is 1. The van der Waals surface area contributed by atoms with Crippen LogP contribution in [-0.4, -0.2) is 59.6 Å². The average molecular weight is 499 g/mol. The minimum atomic E-state index is -4.64. The van der Waals surface area contributed by atoms with Gasteiger partial charge in [-0.05, 0) is 0 Å². The van der Waals surface area contributed by atoms with Crippen molar-refractivity contribution in [3.8, 4) is 0 Å². The van der Waals surface area contributed by atoms with Crippen molar-refractivity contribution in [2.24, 2.45) is 0 Å². The normalized spacial score (nSPS) is 13.8. The van der Waals surface area contributed by atoms with Crippen LogP contribution in [0.4, 0.5) is 5.69 Å². The standard InChI is InChI=1S/C8H10AsNO5.Bi.O/c11-5-8(12)10-7-3-1-6(2-4-7)9(13,14)15;;/h1-4,11H,5H2,(H,10,12)(H2,13,14,15);;/q;+1;/p-1. The first kappa shape index (κ1) is 14.7. The second kappa shape index (κ2) is 6.52. The van der Waals surface area contributed by atoms with Gasteiger partial charge in [0.15, 0.2) is 0 Å². The van der Waals surface area contributed by atoms with E-state index in [1.807, 2.05) is 0 Å². The zero-order valence-electron chi connectivity index (χ0n) is 8.44. The molecule has 0 spiro atoms. The molecule has 1 atom stereocenters. The molecule has 1 unspecified atom stereocenters. The van der Waals surface area contributed by atoms with Crippen LogP contribution in [0.1, 0.15) is 0 Å². The molecule has 1 rings (SSSR count). The van der Waals surface area contributed by atoms with Crippen molar-refractivity contribution in [1.29, 1.82) is 0 Å². The van der Waals surface area contributed by atoms with Gasteiger partial charge in [0, 0.05) is 0 Å². The molecule has 0 bridgehead atoms. The summed E-state index contributed by atoms with van der Waals surface area (Å²) in [5.41, 5.74) is 0.381. The molecule has 0 heterocycles. The minimum absolute atomic E-state index is 0.0599. The van der Waals surface area contributed by atoms with Gasteiger partial charge >= 0.3 is 112 Å². The second-order valence-electron chi connectivity index (χ2n) is 2.93. The van der Waals surface area contributed by atoms with Crippen LogP contribution < -0.4 is 9.67 Å². The maximum absolute atomic E-state index is 11.5. The van der Waals surface area contributed by atoms with E-state index in [2.05, 4.69) is 7.12 Å². The molecule has 0 aliphatic heterocycles. The van der Waals surface area contributed by atoms with Crippen molar-refractivity contribution in [2.45, 2.75) is 0 Å². The molecule has 1 aromatic carbocycles. The fourth-order valence-corrected chi connectivity index (χ4v) is 6.25. The summed E-state index contributed by atoms with van der Waals surface area (Å²) >= 11 is -7.18. The van der Waals surface area contributed by atoms with E-state index >= 15 is 0 Å². The number of hydrogen-bond donors (Lipinski definition) is 3. The van der Waals surface area contributed by atoms with E-state index in [4.69, 9.17) is 5.11 Å². The monoisotopic (exact) mass is 499 g/mol. The van der Waals surface area contributed by atoms with Crippen LogP contribution in [0.3, 0.4) is 0 Å². The third-order valence-corrected chi connectivity index (χ3v) is 10.2. The van der Waals surface area contributed by atoms with Crippen molar-refractivity contribution in [1.82, 2.24) is 0 Å². The summed E-state index contributed by atoms with van der Waals surface area (Å²) in [6.45, 7) is -0.642. The van der Waals surface area contributed by atoms with Crippen molar-refractivity contribution >= 4 is 53.8 Å². The summed E-state index contributed by atoms with van der Waals surface area (Å²) in [7, 11) is 0. The predicted molar refractivity (Wildman–Crippen MR) is 58.0 cm³/mol. The molecule has 1 amide bonds. The van der Waals surface area contributed by atoms with Crippen LogP contribution >= 0.6 is 0 Å². The Bertz CT molecular complexity index is 462. The van der Waals surface area contributed by atoms with Crippen LogP contribution in [0.25, 0.3) is 0 Å². The maximum atomic E-state index is 11.5. The SMILES string of the molecule is [O]=[Bi][O][As](=O)(O)c1ccc(NC(=O)CO)cc1. The summed E-state index contributed by atoms with van der Waals surface area (Å²) in [6.07, 6.45) is 0. The number of hydrogen-bond acceptors (Lipinski definition) is 5. The summed E-state index contributed by atoms with van der Waals surface area (Å²) in [5, 5.41) is 10.9. The summed E-state index contributed by atoms with van der Waals surface area (Å²) < 4.78 is 35.7. The Balaban J connectivity index is 2.84. The quantitative estimate of drug-likeness (QED) is 0.412. The van der Waals surface area contributed by atoms with Gasteiger partial charge in [0.05, 0.1) is 0 Å². The van der Waals surface area contributed by atoms with Gasteiger partial charge in [-0.2, -0.15) is 0 Å². The molecule has 17 heavy (non-hydrogen) atoms. The van der Waals surface area contributed by atoms with Gasteiger partial charge in [-0.1, -0.05) is 0 Å². The third kappa shape index (κ3) is 4.41. The Morgan fingerprint density at radius 3 is 2.47 bits per heavy atom. The fraction of sp³-hybridized carbons (Fsp3) is 0.125. The first-order valence-corrected chi connectivity index (χ1v) is 10.5. The molecule has 1 aromatic rings. The van der Waals surface area contributed by atoms with Crippen molar-refractivity contribution < 1.29 is 22.4 Å². The van der Waals surface area contributed by atoms with Crippen molar-refractivity contribution in [3.05, 3.63) is 24.3 Å². The molecule has 0 aliphatic carbocycles. The van der Waals surface area contributed by atoms with Gasteiger partial charge in [0.1, 0.15) is 0 Å². The van der Waals surface area contributed by atoms with Crippen LogP contribution in [0, 0.1) is 0 Å². The molecule has 0 aromatic heterocycles. The van der Waals surface area contributed by atoms with Gasteiger partial charge in [0.25, 0.3) is 0 Å². The predicted octanol–water partition coefficient (Wildman–Crippen LogP) is -1.83. The summed E-state index contributed by atoms with van der Waals surface area (Å²) in [4.78, 5) is 10.8. The van der Waals surface area contributed by atoms with E-state index in [0.717, 1.165) is 0 Å². The van der Waals surface area contributed by atoms with Crippen LogP contribution in [0.2, 0.25) is 0 Å². The van der Waals surface area contributed by atoms with E-state index in [0.29, 0.717) is 5.69 Å². The number of benzene rings is 1. The molecule has 92 valence electrons. The Kier molecular flexibility index (Phi) is 5.63. The van der Waals surface area contributed by atoms with Gasteiger partial charge in [-0.3, -0.25) is 0 Å². The van der Waals surface area contributed by atoms with Gasteiger partial charge < -0.3 is 0 Å². The Morgan fingerprint density at radius 1 is 1.41 bits per heavy atom. The zero-order chi connectivity index (χ0) is 12.9. The molecule has 0 fully saturated rings. The van der Waals surface area contributed by atoms with Gasteiger partial charge in [0.2, 0.25) is 0 Å². The van der Waals surface area contributed by atoms with Gasteiger partial charge in [-0.15, -0.1) is 0 Å². The first-order chi connectivity index (χ1) is 7.99. The number of nitrogens with one attached hydrogen (secondary N) is 1. The van der Waals surface area contributed by atoms with Crippen molar-refractivity contribution in [3.63, 3.8) is 0 Å².